The number of anilines is 3. The number of aromatic nitrogens is 2. The molecule has 1 aromatic heterocycles. The minimum absolute atomic E-state index is 0.00340. The van der Waals surface area contributed by atoms with E-state index in [-0.39, 0.29) is 29.4 Å². The Hall–Kier alpha value is -4.05. The van der Waals surface area contributed by atoms with E-state index in [1.807, 2.05) is 37.9 Å². The predicted molar refractivity (Wildman–Crippen MR) is 145 cm³/mol. The van der Waals surface area contributed by atoms with Gasteiger partial charge >= 0.3 is 0 Å². The summed E-state index contributed by atoms with van der Waals surface area (Å²) in [5.41, 5.74) is 8.92. The lowest BCUT2D eigenvalue weighted by molar-refractivity contribution is 0.102. The highest BCUT2D eigenvalue weighted by molar-refractivity contribution is 6.05. The van der Waals surface area contributed by atoms with Gasteiger partial charge in [-0.15, -0.1) is 0 Å². The topological polar surface area (TPSA) is 109 Å². The van der Waals surface area contributed by atoms with Crippen molar-refractivity contribution in [3.63, 3.8) is 0 Å². The Morgan fingerprint density at radius 2 is 1.95 bits per heavy atom. The molecule has 2 atom stereocenters. The fourth-order valence-corrected chi connectivity index (χ4v) is 4.65. The van der Waals surface area contributed by atoms with Crippen LogP contribution in [-0.2, 0) is 0 Å². The second kappa shape index (κ2) is 10.5. The first-order valence-electron chi connectivity index (χ1n) is 12.2. The Morgan fingerprint density at radius 3 is 2.57 bits per heavy atom. The van der Waals surface area contributed by atoms with Crippen LogP contribution in [0, 0.1) is 18.7 Å². The highest BCUT2D eigenvalue weighted by Gasteiger charge is 2.31. The minimum Gasteiger partial charge on any atom is -0.368 e. The summed E-state index contributed by atoms with van der Waals surface area (Å²) in [6.07, 6.45) is 0. The van der Waals surface area contributed by atoms with Gasteiger partial charge in [-0.1, -0.05) is 19.1 Å². The van der Waals surface area contributed by atoms with Crippen LogP contribution in [0.4, 0.5) is 21.5 Å². The van der Waals surface area contributed by atoms with Gasteiger partial charge in [-0.25, -0.2) is 4.39 Å². The summed E-state index contributed by atoms with van der Waals surface area (Å²) in [5, 5.41) is 13.1. The Bertz CT molecular complexity index is 1380. The SMILES string of the molecule is C=NN(c1ccc(NC(=O)c2ccc(=O)n(-c3ccccc3F)n2)c(N2C[C@@H](C)[C@@H](N)C2)c1C)C(C)C. The molecule has 3 aromatic rings. The average Bonchev–Trinajstić information content (AvgIpc) is 3.19. The first-order valence-corrected chi connectivity index (χ1v) is 12.2. The van der Waals surface area contributed by atoms with Crippen LogP contribution in [0.1, 0.15) is 36.8 Å². The zero-order valence-corrected chi connectivity index (χ0v) is 21.5. The van der Waals surface area contributed by atoms with Crippen LogP contribution in [0.15, 0.2) is 58.4 Å². The summed E-state index contributed by atoms with van der Waals surface area (Å²) in [7, 11) is 0. The molecule has 10 heteroatoms. The molecule has 0 radical (unpaired) electrons. The summed E-state index contributed by atoms with van der Waals surface area (Å²) < 4.78 is 15.2. The van der Waals surface area contributed by atoms with E-state index >= 15 is 0 Å². The number of benzene rings is 2. The van der Waals surface area contributed by atoms with E-state index in [0.29, 0.717) is 12.2 Å². The first kappa shape index (κ1) is 26.0. The van der Waals surface area contributed by atoms with E-state index in [4.69, 9.17) is 5.73 Å². The standard InChI is InChI=1S/C27H32FN7O2/c1-16(2)34(30-5)23-12-10-21(26(18(23)4)33-14-17(3)20(29)15-33)31-27(37)22-11-13-25(36)35(32-22)24-9-7-6-8-19(24)28/h6-13,16-17,20H,5,14-15,29H2,1-4H3,(H,31,37)/t17-,20+/m1/s1. The van der Waals surface area contributed by atoms with Crippen LogP contribution < -0.4 is 26.5 Å². The molecule has 2 heterocycles. The second-order valence-corrected chi connectivity index (χ2v) is 9.61. The lowest BCUT2D eigenvalue weighted by Crippen LogP contribution is -2.30. The van der Waals surface area contributed by atoms with Gasteiger partial charge in [0.15, 0.2) is 0 Å². The highest BCUT2D eigenvalue weighted by atomic mass is 19.1. The molecule has 0 spiro atoms. The van der Waals surface area contributed by atoms with Gasteiger partial charge in [0.25, 0.3) is 11.5 Å². The van der Waals surface area contributed by atoms with Crippen molar-refractivity contribution in [2.75, 3.05) is 28.3 Å². The number of hydrazone groups is 1. The zero-order chi connectivity index (χ0) is 26.9. The van der Waals surface area contributed by atoms with E-state index in [2.05, 4.69) is 34.1 Å². The number of nitrogens with zero attached hydrogens (tertiary/aromatic N) is 5. The fourth-order valence-electron chi connectivity index (χ4n) is 4.65. The molecule has 0 saturated carbocycles. The molecule has 37 heavy (non-hydrogen) atoms. The molecule has 9 nitrogen and oxygen atoms in total. The van der Waals surface area contributed by atoms with Gasteiger partial charge in [0.05, 0.1) is 17.1 Å². The maximum atomic E-state index is 14.3. The van der Waals surface area contributed by atoms with Crippen molar-refractivity contribution >= 4 is 29.7 Å². The number of carbonyl (C=O) groups excluding carboxylic acids is 1. The third kappa shape index (κ3) is 5.10. The molecule has 4 rings (SSSR count). The molecule has 0 bridgehead atoms. The number of rotatable bonds is 7. The number of hydrogen-bond acceptors (Lipinski definition) is 7. The monoisotopic (exact) mass is 505 g/mol. The van der Waals surface area contributed by atoms with E-state index in [0.717, 1.165) is 28.2 Å². The van der Waals surface area contributed by atoms with Gasteiger partial charge in [-0.05, 0) is 62.6 Å². The summed E-state index contributed by atoms with van der Waals surface area (Å²) in [4.78, 5) is 27.9. The van der Waals surface area contributed by atoms with Crippen LogP contribution in [0.5, 0.6) is 0 Å². The van der Waals surface area contributed by atoms with Gasteiger partial charge in [0.2, 0.25) is 0 Å². The summed E-state index contributed by atoms with van der Waals surface area (Å²) in [6.45, 7) is 13.2. The van der Waals surface area contributed by atoms with Crippen LogP contribution in [0.2, 0.25) is 0 Å². The van der Waals surface area contributed by atoms with Gasteiger partial charge in [-0.3, -0.25) is 14.6 Å². The van der Waals surface area contributed by atoms with Crippen molar-refractivity contribution in [1.29, 1.82) is 0 Å². The summed E-state index contributed by atoms with van der Waals surface area (Å²) in [5.74, 6) is -0.873. The van der Waals surface area contributed by atoms with Crippen LogP contribution in [0.25, 0.3) is 5.69 Å². The van der Waals surface area contributed by atoms with Crippen LogP contribution in [-0.4, -0.2) is 47.6 Å². The molecule has 0 aliphatic carbocycles. The largest absolute Gasteiger partial charge is 0.368 e. The molecule has 194 valence electrons. The quantitative estimate of drug-likeness (QED) is 0.376. The van der Waals surface area contributed by atoms with Gasteiger partial charge in [0.1, 0.15) is 17.2 Å². The van der Waals surface area contributed by atoms with E-state index in [1.165, 1.54) is 30.3 Å². The number of hydrogen-bond donors (Lipinski definition) is 2. The minimum atomic E-state index is -0.617. The third-order valence-corrected chi connectivity index (χ3v) is 6.64. The Morgan fingerprint density at radius 1 is 1.22 bits per heavy atom. The van der Waals surface area contributed by atoms with E-state index in [1.54, 1.807) is 6.07 Å². The maximum absolute atomic E-state index is 14.3. The summed E-state index contributed by atoms with van der Waals surface area (Å²) >= 11 is 0. The fraction of sp³-hybridized carbons (Fsp3) is 0.333. The van der Waals surface area contributed by atoms with Crippen LogP contribution >= 0.6 is 0 Å². The number of nitrogens with two attached hydrogens (primary N) is 1. The van der Waals surface area contributed by atoms with Crippen LogP contribution in [0.3, 0.4) is 0 Å². The molecule has 2 aromatic carbocycles. The molecule has 0 unspecified atom stereocenters. The predicted octanol–water partition coefficient (Wildman–Crippen LogP) is 3.55. The molecular weight excluding hydrogens is 473 g/mol. The number of amides is 1. The molecule has 1 fully saturated rings. The van der Waals surface area contributed by atoms with E-state index < -0.39 is 17.3 Å². The van der Waals surface area contributed by atoms with Gasteiger partial charge < -0.3 is 16.0 Å². The highest BCUT2D eigenvalue weighted by Crippen LogP contribution is 2.39. The Balaban J connectivity index is 1.74. The molecular formula is C27H32FN7O2. The summed E-state index contributed by atoms with van der Waals surface area (Å²) in [6, 6.07) is 12.1. The molecule has 3 N–H and O–H groups in total. The third-order valence-electron chi connectivity index (χ3n) is 6.64. The Kier molecular flexibility index (Phi) is 7.40. The average molecular weight is 506 g/mol. The Labute approximate surface area is 215 Å². The molecule has 1 saturated heterocycles. The van der Waals surface area contributed by atoms with Gasteiger partial charge in [-0.2, -0.15) is 14.9 Å². The molecule has 1 amide bonds. The molecule has 1 aliphatic heterocycles. The maximum Gasteiger partial charge on any atom is 0.276 e. The second-order valence-electron chi connectivity index (χ2n) is 9.61. The normalized spacial score (nSPS) is 17.2. The number of carbonyl (C=O) groups is 1. The zero-order valence-electron chi connectivity index (χ0n) is 21.5. The van der Waals surface area contributed by atoms with Crippen molar-refractivity contribution in [2.24, 2.45) is 16.8 Å². The molecule has 1 aliphatic rings. The van der Waals surface area contributed by atoms with Gasteiger partial charge in [0, 0.05) is 38.0 Å². The lowest BCUT2D eigenvalue weighted by Gasteiger charge is -2.30. The van der Waals surface area contributed by atoms with Crippen molar-refractivity contribution in [2.45, 2.75) is 39.8 Å². The first-order chi connectivity index (χ1) is 17.6. The van der Waals surface area contributed by atoms with E-state index in [9.17, 15) is 14.0 Å². The number of halogens is 1. The van der Waals surface area contributed by atoms with Crippen molar-refractivity contribution in [3.8, 4) is 5.69 Å². The smallest absolute Gasteiger partial charge is 0.276 e. The van der Waals surface area contributed by atoms with Crippen molar-refractivity contribution < 1.29 is 9.18 Å². The lowest BCUT2D eigenvalue weighted by atomic mass is 10.1. The van der Waals surface area contributed by atoms with Crippen molar-refractivity contribution in [1.82, 2.24) is 9.78 Å². The number of para-hydroxylation sites is 1. The van der Waals surface area contributed by atoms with Crippen molar-refractivity contribution in [3.05, 3.63) is 76.0 Å². The number of nitrogens with one attached hydrogen (secondary N) is 1.